The van der Waals surface area contributed by atoms with Gasteiger partial charge in [-0.05, 0) is 31.2 Å². The lowest BCUT2D eigenvalue weighted by molar-refractivity contribution is -0.208. The van der Waals surface area contributed by atoms with Gasteiger partial charge >= 0.3 is 11.9 Å². The molecule has 2 N–H and O–H groups in total. The van der Waals surface area contributed by atoms with Gasteiger partial charge in [0.25, 0.3) is 0 Å². The van der Waals surface area contributed by atoms with Gasteiger partial charge in [0.15, 0.2) is 5.60 Å². The summed E-state index contributed by atoms with van der Waals surface area (Å²) in [5.74, 6) is -2.67. The second kappa shape index (κ2) is 9.45. The number of hydrogen-bond acceptors (Lipinski definition) is 4. The SMILES string of the molecule is O=C(OC(C(=O)O)(c1ccccc1)C1CCCCC1)C(O)(c1ccccc1)C1CCCC1. The number of carboxylic acid groups (broad SMARTS) is 1. The summed E-state index contributed by atoms with van der Waals surface area (Å²) in [6.07, 6.45) is 7.45. The Bertz CT molecular complexity index is 916. The molecule has 170 valence electrons. The summed E-state index contributed by atoms with van der Waals surface area (Å²) in [5, 5.41) is 22.4. The number of hydrogen-bond donors (Lipinski definition) is 2. The van der Waals surface area contributed by atoms with Crippen molar-refractivity contribution in [3.63, 3.8) is 0 Å². The number of aliphatic carboxylic acids is 1. The van der Waals surface area contributed by atoms with Crippen LogP contribution in [0.5, 0.6) is 0 Å². The highest BCUT2D eigenvalue weighted by atomic mass is 16.6. The molecule has 0 saturated heterocycles. The van der Waals surface area contributed by atoms with E-state index in [1.54, 1.807) is 48.5 Å². The minimum Gasteiger partial charge on any atom is -0.478 e. The van der Waals surface area contributed by atoms with Crippen LogP contribution in [0, 0.1) is 11.8 Å². The van der Waals surface area contributed by atoms with E-state index in [4.69, 9.17) is 4.74 Å². The maximum absolute atomic E-state index is 13.9. The molecule has 2 aliphatic carbocycles. The molecule has 0 bridgehead atoms. The number of benzene rings is 2. The van der Waals surface area contributed by atoms with Gasteiger partial charge in [-0.1, -0.05) is 92.8 Å². The van der Waals surface area contributed by atoms with Crippen molar-refractivity contribution in [1.82, 2.24) is 0 Å². The van der Waals surface area contributed by atoms with Crippen LogP contribution in [-0.2, 0) is 25.5 Å². The predicted molar refractivity (Wildman–Crippen MR) is 121 cm³/mol. The molecule has 0 aromatic heterocycles. The van der Waals surface area contributed by atoms with Crippen LogP contribution >= 0.6 is 0 Å². The Hall–Kier alpha value is -2.66. The molecule has 2 saturated carbocycles. The first kappa shape index (κ1) is 22.5. The average Bonchev–Trinajstić information content (AvgIpc) is 3.39. The standard InChI is InChI=1S/C27H32O5/c28-24(29)27(22-16-6-2-7-17-22,23-18-8-3-9-19-23)32-25(30)26(31,21-14-10-11-15-21)20-12-4-1-5-13-20/h1-2,4-7,12-13,16-17,21,23,31H,3,8-11,14-15,18-19H2,(H,28,29). The van der Waals surface area contributed by atoms with E-state index < -0.39 is 23.1 Å². The first-order valence-corrected chi connectivity index (χ1v) is 11.8. The van der Waals surface area contributed by atoms with Crippen LogP contribution < -0.4 is 0 Å². The van der Waals surface area contributed by atoms with Crippen LogP contribution in [0.25, 0.3) is 0 Å². The maximum Gasteiger partial charge on any atom is 0.353 e. The predicted octanol–water partition coefficient (Wildman–Crippen LogP) is 5.17. The molecule has 2 aliphatic rings. The molecule has 2 aromatic carbocycles. The zero-order valence-electron chi connectivity index (χ0n) is 18.4. The normalized spacial score (nSPS) is 21.4. The molecular formula is C27H32O5. The summed E-state index contributed by atoms with van der Waals surface area (Å²) in [7, 11) is 0. The lowest BCUT2D eigenvalue weighted by Crippen LogP contribution is -2.53. The molecule has 0 aliphatic heterocycles. The molecule has 5 heteroatoms. The molecule has 2 unspecified atom stereocenters. The van der Waals surface area contributed by atoms with Gasteiger partial charge in [0.1, 0.15) is 0 Å². The van der Waals surface area contributed by atoms with Gasteiger partial charge in [-0.25, -0.2) is 9.59 Å². The number of carbonyl (C=O) groups excluding carboxylic acids is 1. The Balaban J connectivity index is 1.79. The summed E-state index contributed by atoms with van der Waals surface area (Å²) in [4.78, 5) is 26.7. The number of aliphatic hydroxyl groups is 1. The van der Waals surface area contributed by atoms with Crippen LogP contribution in [-0.4, -0.2) is 22.2 Å². The molecule has 0 amide bonds. The van der Waals surface area contributed by atoms with Crippen molar-refractivity contribution in [2.45, 2.75) is 69.0 Å². The van der Waals surface area contributed by atoms with E-state index in [9.17, 15) is 19.8 Å². The van der Waals surface area contributed by atoms with Crippen molar-refractivity contribution in [2.24, 2.45) is 11.8 Å². The van der Waals surface area contributed by atoms with Crippen LogP contribution in [0.3, 0.4) is 0 Å². The summed E-state index contributed by atoms with van der Waals surface area (Å²) in [6.45, 7) is 0. The van der Waals surface area contributed by atoms with E-state index >= 15 is 0 Å². The summed E-state index contributed by atoms with van der Waals surface area (Å²) >= 11 is 0. The third kappa shape index (κ3) is 3.95. The van der Waals surface area contributed by atoms with Crippen LogP contribution in [0.15, 0.2) is 60.7 Å². The second-order valence-corrected chi connectivity index (χ2v) is 9.25. The van der Waals surface area contributed by atoms with E-state index in [0.717, 1.165) is 32.1 Å². The smallest absolute Gasteiger partial charge is 0.353 e. The fourth-order valence-electron chi connectivity index (χ4n) is 5.69. The number of rotatable bonds is 7. The highest BCUT2D eigenvalue weighted by Gasteiger charge is 2.56. The molecule has 2 atom stereocenters. The van der Waals surface area contributed by atoms with Crippen LogP contribution in [0.1, 0.15) is 68.9 Å². The summed E-state index contributed by atoms with van der Waals surface area (Å²) in [5.41, 5.74) is -2.77. The summed E-state index contributed by atoms with van der Waals surface area (Å²) in [6, 6.07) is 17.6. The van der Waals surface area contributed by atoms with E-state index in [2.05, 4.69) is 0 Å². The minimum absolute atomic E-state index is 0.300. The van der Waals surface area contributed by atoms with Crippen molar-refractivity contribution in [1.29, 1.82) is 0 Å². The molecule has 2 aromatic rings. The highest BCUT2D eigenvalue weighted by molar-refractivity contribution is 5.88. The van der Waals surface area contributed by atoms with Crippen molar-refractivity contribution < 1.29 is 24.5 Å². The van der Waals surface area contributed by atoms with E-state index in [0.29, 0.717) is 36.8 Å². The van der Waals surface area contributed by atoms with Gasteiger partial charge in [0.05, 0.1) is 0 Å². The minimum atomic E-state index is -1.87. The Labute approximate surface area is 189 Å². The van der Waals surface area contributed by atoms with Gasteiger partial charge in [-0.3, -0.25) is 0 Å². The number of carboxylic acids is 1. The highest BCUT2D eigenvalue weighted by Crippen LogP contribution is 2.47. The molecule has 0 spiro atoms. The van der Waals surface area contributed by atoms with Gasteiger partial charge in [-0.2, -0.15) is 0 Å². The third-order valence-electron chi connectivity index (χ3n) is 7.43. The van der Waals surface area contributed by atoms with E-state index in [1.165, 1.54) is 0 Å². The van der Waals surface area contributed by atoms with Crippen molar-refractivity contribution >= 4 is 11.9 Å². The zero-order chi connectivity index (χ0) is 22.6. The largest absolute Gasteiger partial charge is 0.478 e. The molecule has 32 heavy (non-hydrogen) atoms. The van der Waals surface area contributed by atoms with Gasteiger partial charge in [-0.15, -0.1) is 0 Å². The Kier molecular flexibility index (Phi) is 6.66. The van der Waals surface area contributed by atoms with Crippen molar-refractivity contribution in [3.05, 3.63) is 71.8 Å². The lowest BCUT2D eigenvalue weighted by atomic mass is 9.72. The maximum atomic E-state index is 13.9. The molecule has 0 heterocycles. The fourth-order valence-corrected chi connectivity index (χ4v) is 5.69. The van der Waals surface area contributed by atoms with Gasteiger partial charge in [0, 0.05) is 17.4 Å². The van der Waals surface area contributed by atoms with Gasteiger partial charge in [0.2, 0.25) is 5.60 Å². The Morgan fingerprint density at radius 3 is 1.72 bits per heavy atom. The van der Waals surface area contributed by atoms with Crippen LogP contribution in [0.4, 0.5) is 0 Å². The fraction of sp³-hybridized carbons (Fsp3) is 0.481. The second-order valence-electron chi connectivity index (χ2n) is 9.25. The number of carbonyl (C=O) groups is 2. The zero-order valence-corrected chi connectivity index (χ0v) is 18.4. The van der Waals surface area contributed by atoms with Gasteiger partial charge < -0.3 is 14.9 Å². The summed E-state index contributed by atoms with van der Waals surface area (Å²) < 4.78 is 6.07. The van der Waals surface area contributed by atoms with E-state index in [1.807, 2.05) is 12.1 Å². The molecular weight excluding hydrogens is 404 g/mol. The topological polar surface area (TPSA) is 83.8 Å². The third-order valence-corrected chi connectivity index (χ3v) is 7.43. The number of ether oxygens (including phenoxy) is 1. The Morgan fingerprint density at radius 2 is 1.19 bits per heavy atom. The van der Waals surface area contributed by atoms with Crippen molar-refractivity contribution in [2.75, 3.05) is 0 Å². The van der Waals surface area contributed by atoms with Crippen molar-refractivity contribution in [3.8, 4) is 0 Å². The monoisotopic (exact) mass is 436 g/mol. The Morgan fingerprint density at radius 1 is 0.719 bits per heavy atom. The quantitative estimate of drug-likeness (QED) is 0.585. The van der Waals surface area contributed by atoms with E-state index in [-0.39, 0.29) is 11.8 Å². The first-order chi connectivity index (χ1) is 15.5. The molecule has 4 rings (SSSR count). The lowest BCUT2D eigenvalue weighted by Gasteiger charge is -2.42. The number of esters is 1. The molecule has 2 fully saturated rings. The average molecular weight is 437 g/mol. The molecule has 0 radical (unpaired) electrons. The molecule has 5 nitrogen and oxygen atoms in total. The first-order valence-electron chi connectivity index (χ1n) is 11.8. The van der Waals surface area contributed by atoms with Crippen LogP contribution in [0.2, 0.25) is 0 Å².